The monoisotopic (exact) mass is 380 g/mol. The first-order chi connectivity index (χ1) is 12.1. The Morgan fingerprint density at radius 2 is 1.88 bits per heavy atom. The van der Waals surface area contributed by atoms with Crippen molar-refractivity contribution >= 4 is 22.2 Å². The van der Waals surface area contributed by atoms with Gasteiger partial charge in [-0.25, -0.2) is 5.43 Å². The van der Waals surface area contributed by atoms with Crippen molar-refractivity contribution in [1.29, 1.82) is 0 Å². The van der Waals surface area contributed by atoms with E-state index < -0.39 is 21.1 Å². The molecule has 0 spiro atoms. The van der Waals surface area contributed by atoms with Gasteiger partial charge in [-0.05, 0) is 35.2 Å². The summed E-state index contributed by atoms with van der Waals surface area (Å²) in [5.74, 6) is 0.111. The molecule has 0 radical (unpaired) electrons. The molecule has 26 heavy (non-hydrogen) atoms. The summed E-state index contributed by atoms with van der Waals surface area (Å²) in [7, 11) is -4.41. The standard InChI is InChI=1S/C17H20N2O6S/c1-17(2,3)12-4-6-13(7-5-12)24-11-15(20)19-18-10-14-8-9-16(25-14)26(21,22)23/h4-10H,11H2,1-3H3,(H,19,20)(H,21,22,23)/b18-10+. The van der Waals surface area contributed by atoms with Crippen molar-refractivity contribution in [2.45, 2.75) is 31.3 Å². The van der Waals surface area contributed by atoms with Crippen LogP contribution in [0.3, 0.4) is 0 Å². The molecule has 2 aromatic rings. The first-order valence-electron chi connectivity index (χ1n) is 7.68. The summed E-state index contributed by atoms with van der Waals surface area (Å²) in [6, 6.07) is 9.81. The summed E-state index contributed by atoms with van der Waals surface area (Å²) < 4.78 is 40.7. The fourth-order valence-corrected chi connectivity index (χ4v) is 2.38. The molecule has 8 nitrogen and oxygen atoms in total. The number of hydrogen-bond acceptors (Lipinski definition) is 6. The molecule has 1 aromatic carbocycles. The van der Waals surface area contributed by atoms with Crippen molar-refractivity contribution in [3.05, 3.63) is 47.7 Å². The molecule has 0 aliphatic heterocycles. The predicted molar refractivity (Wildman–Crippen MR) is 94.9 cm³/mol. The molecule has 0 bridgehead atoms. The Balaban J connectivity index is 1.83. The lowest BCUT2D eigenvalue weighted by molar-refractivity contribution is -0.123. The lowest BCUT2D eigenvalue weighted by Gasteiger charge is -2.19. The quantitative estimate of drug-likeness (QED) is 0.451. The third kappa shape index (κ3) is 5.71. The zero-order chi connectivity index (χ0) is 19.4. The molecule has 1 aromatic heterocycles. The highest BCUT2D eigenvalue weighted by Crippen LogP contribution is 2.24. The van der Waals surface area contributed by atoms with Crippen LogP contribution >= 0.6 is 0 Å². The number of amides is 1. The van der Waals surface area contributed by atoms with Crippen LogP contribution < -0.4 is 10.2 Å². The molecule has 9 heteroatoms. The fraction of sp³-hybridized carbons (Fsp3) is 0.294. The SMILES string of the molecule is CC(C)(C)c1ccc(OCC(=O)N/N=C/c2ccc(S(=O)(=O)O)o2)cc1. The highest BCUT2D eigenvalue weighted by Gasteiger charge is 2.14. The number of furan rings is 1. The van der Waals surface area contributed by atoms with Gasteiger partial charge in [0.2, 0.25) is 5.09 Å². The summed E-state index contributed by atoms with van der Waals surface area (Å²) in [5.41, 5.74) is 3.41. The second kappa shape index (κ2) is 7.71. The minimum absolute atomic E-state index is 0.0334. The maximum Gasteiger partial charge on any atom is 0.328 e. The van der Waals surface area contributed by atoms with Gasteiger partial charge in [0.05, 0.1) is 6.21 Å². The maximum absolute atomic E-state index is 11.7. The molecule has 0 unspecified atom stereocenters. The molecule has 0 aliphatic rings. The van der Waals surface area contributed by atoms with Gasteiger partial charge in [0.1, 0.15) is 11.5 Å². The Morgan fingerprint density at radius 1 is 1.23 bits per heavy atom. The summed E-state index contributed by atoms with van der Waals surface area (Å²) >= 11 is 0. The van der Waals surface area contributed by atoms with E-state index in [2.05, 4.69) is 31.3 Å². The van der Waals surface area contributed by atoms with Gasteiger partial charge in [-0.1, -0.05) is 32.9 Å². The van der Waals surface area contributed by atoms with Gasteiger partial charge >= 0.3 is 10.1 Å². The van der Waals surface area contributed by atoms with Crippen LogP contribution in [0.4, 0.5) is 0 Å². The number of rotatable bonds is 6. The minimum atomic E-state index is -4.41. The molecular formula is C17H20N2O6S. The first-order valence-corrected chi connectivity index (χ1v) is 9.12. The van der Waals surface area contributed by atoms with E-state index in [0.717, 1.165) is 17.8 Å². The number of carbonyl (C=O) groups is 1. The van der Waals surface area contributed by atoms with E-state index in [1.807, 2.05) is 12.1 Å². The Morgan fingerprint density at radius 3 is 2.42 bits per heavy atom. The summed E-state index contributed by atoms with van der Waals surface area (Å²) in [6.07, 6.45) is 1.10. The van der Waals surface area contributed by atoms with E-state index >= 15 is 0 Å². The average molecular weight is 380 g/mol. The third-order valence-corrected chi connectivity index (χ3v) is 4.06. The first kappa shape index (κ1) is 19.7. The lowest BCUT2D eigenvalue weighted by Crippen LogP contribution is -2.24. The molecule has 0 atom stereocenters. The van der Waals surface area contributed by atoms with Crippen LogP contribution in [0.15, 0.2) is 51.0 Å². The van der Waals surface area contributed by atoms with E-state index in [0.29, 0.717) is 5.75 Å². The normalized spacial score (nSPS) is 12.3. The van der Waals surface area contributed by atoms with Crippen molar-refractivity contribution in [2.24, 2.45) is 5.10 Å². The highest BCUT2D eigenvalue weighted by molar-refractivity contribution is 7.85. The van der Waals surface area contributed by atoms with E-state index in [9.17, 15) is 13.2 Å². The number of nitrogens with one attached hydrogen (secondary N) is 1. The zero-order valence-corrected chi connectivity index (χ0v) is 15.4. The van der Waals surface area contributed by atoms with Gasteiger partial charge in [-0.15, -0.1) is 0 Å². The van der Waals surface area contributed by atoms with Crippen molar-refractivity contribution in [3.63, 3.8) is 0 Å². The van der Waals surface area contributed by atoms with Crippen LogP contribution in [0.5, 0.6) is 5.75 Å². The van der Waals surface area contributed by atoms with Gasteiger partial charge < -0.3 is 9.15 Å². The van der Waals surface area contributed by atoms with Crippen molar-refractivity contribution in [2.75, 3.05) is 6.61 Å². The van der Waals surface area contributed by atoms with Crippen LogP contribution in [0.2, 0.25) is 0 Å². The van der Waals surface area contributed by atoms with Gasteiger partial charge in [0.15, 0.2) is 6.61 Å². The van der Waals surface area contributed by atoms with Crippen molar-refractivity contribution in [3.8, 4) is 5.75 Å². The summed E-state index contributed by atoms with van der Waals surface area (Å²) in [6.45, 7) is 6.07. The van der Waals surface area contributed by atoms with Crippen LogP contribution in [-0.4, -0.2) is 31.7 Å². The summed E-state index contributed by atoms with van der Waals surface area (Å²) in [4.78, 5) is 11.7. The Labute approximate surface area is 151 Å². The fourth-order valence-electron chi connectivity index (χ4n) is 1.94. The van der Waals surface area contributed by atoms with Crippen LogP contribution in [0, 0.1) is 0 Å². The molecule has 0 aliphatic carbocycles. The Kier molecular flexibility index (Phi) is 5.83. The molecule has 1 amide bonds. The smallest absolute Gasteiger partial charge is 0.328 e. The second-order valence-corrected chi connectivity index (χ2v) is 7.84. The van der Waals surface area contributed by atoms with Gasteiger partial charge in [-0.3, -0.25) is 9.35 Å². The van der Waals surface area contributed by atoms with Gasteiger partial charge in [-0.2, -0.15) is 13.5 Å². The molecule has 2 N–H and O–H groups in total. The molecule has 2 rings (SSSR count). The Bertz CT molecular complexity index is 892. The van der Waals surface area contributed by atoms with Crippen molar-refractivity contribution < 1.29 is 26.9 Å². The molecule has 0 saturated carbocycles. The molecule has 0 saturated heterocycles. The van der Waals surface area contributed by atoms with Crippen LogP contribution in [-0.2, 0) is 20.3 Å². The largest absolute Gasteiger partial charge is 0.484 e. The molecule has 140 valence electrons. The number of carbonyl (C=O) groups excluding carboxylic acids is 1. The van der Waals surface area contributed by atoms with E-state index in [1.165, 1.54) is 6.07 Å². The predicted octanol–water partition coefficient (Wildman–Crippen LogP) is 2.35. The van der Waals surface area contributed by atoms with E-state index in [1.54, 1.807) is 12.1 Å². The highest BCUT2D eigenvalue weighted by atomic mass is 32.2. The van der Waals surface area contributed by atoms with E-state index in [4.69, 9.17) is 13.7 Å². The number of hydrogen-bond donors (Lipinski definition) is 2. The van der Waals surface area contributed by atoms with Crippen LogP contribution in [0.1, 0.15) is 32.1 Å². The molecule has 0 fully saturated rings. The van der Waals surface area contributed by atoms with E-state index in [-0.39, 0.29) is 17.8 Å². The number of benzene rings is 1. The average Bonchev–Trinajstić information content (AvgIpc) is 3.02. The van der Waals surface area contributed by atoms with Gasteiger partial charge in [0.25, 0.3) is 5.91 Å². The topological polar surface area (TPSA) is 118 Å². The zero-order valence-electron chi connectivity index (χ0n) is 14.6. The van der Waals surface area contributed by atoms with Gasteiger partial charge in [0, 0.05) is 0 Å². The number of hydrazone groups is 1. The third-order valence-electron chi connectivity index (χ3n) is 3.33. The van der Waals surface area contributed by atoms with Crippen molar-refractivity contribution in [1.82, 2.24) is 5.43 Å². The molecular weight excluding hydrogens is 360 g/mol. The second-order valence-electron chi connectivity index (χ2n) is 6.49. The van der Waals surface area contributed by atoms with Crippen LogP contribution in [0.25, 0.3) is 0 Å². The number of ether oxygens (including phenoxy) is 1. The molecule has 1 heterocycles. The lowest BCUT2D eigenvalue weighted by atomic mass is 9.87. The maximum atomic E-state index is 11.7. The summed E-state index contributed by atoms with van der Waals surface area (Å²) in [5, 5.41) is 3.02. The minimum Gasteiger partial charge on any atom is -0.484 e. The Hall–Kier alpha value is -2.65. The number of nitrogens with zero attached hydrogens (tertiary/aromatic N) is 1.